The number of aliphatic imine (C=N–C) groups is 1. The van der Waals surface area contributed by atoms with Crippen molar-refractivity contribution in [2.45, 2.75) is 51.0 Å². The average molecular weight is 391 g/mol. The van der Waals surface area contributed by atoms with Gasteiger partial charge in [-0.3, -0.25) is 4.98 Å². The normalized spacial score (nSPS) is 21.9. The van der Waals surface area contributed by atoms with Gasteiger partial charge < -0.3 is 14.8 Å². The Labute approximate surface area is 170 Å². The van der Waals surface area contributed by atoms with Crippen LogP contribution in [0.15, 0.2) is 35.6 Å². The summed E-state index contributed by atoms with van der Waals surface area (Å²) in [6.07, 6.45) is 10.1. The van der Waals surface area contributed by atoms with E-state index in [2.05, 4.69) is 21.4 Å². The van der Waals surface area contributed by atoms with Gasteiger partial charge in [0.05, 0.1) is 13.2 Å². The number of aromatic nitrogens is 1. The zero-order valence-electron chi connectivity index (χ0n) is 16.7. The van der Waals surface area contributed by atoms with Crippen LogP contribution in [0.3, 0.4) is 0 Å². The van der Waals surface area contributed by atoms with Crippen LogP contribution in [0.1, 0.15) is 47.6 Å². The van der Waals surface area contributed by atoms with Crippen molar-refractivity contribution in [2.75, 3.05) is 18.5 Å². The second-order valence-corrected chi connectivity index (χ2v) is 7.87. The summed E-state index contributed by atoms with van der Waals surface area (Å²) in [5.41, 5.74) is 6.16. The van der Waals surface area contributed by atoms with Gasteiger partial charge in [-0.2, -0.15) is 0 Å². The van der Waals surface area contributed by atoms with Gasteiger partial charge in [-0.05, 0) is 73.8 Å². The van der Waals surface area contributed by atoms with Gasteiger partial charge in [0.1, 0.15) is 0 Å². The fourth-order valence-electron chi connectivity index (χ4n) is 4.78. The lowest BCUT2D eigenvalue weighted by molar-refractivity contribution is -0.161. The number of nitrogens with one attached hydrogen (secondary N) is 1. The topological polar surface area (TPSA) is 72.8 Å². The van der Waals surface area contributed by atoms with Crippen molar-refractivity contribution in [3.8, 4) is 0 Å². The third-order valence-electron chi connectivity index (χ3n) is 6.15. The third kappa shape index (κ3) is 2.98. The summed E-state index contributed by atoms with van der Waals surface area (Å²) in [5, 5.41) is 3.46. The predicted octanol–water partition coefficient (Wildman–Crippen LogP) is 3.32. The van der Waals surface area contributed by atoms with Gasteiger partial charge in [-0.15, -0.1) is 0 Å². The molecule has 29 heavy (non-hydrogen) atoms. The van der Waals surface area contributed by atoms with E-state index in [1.54, 1.807) is 25.4 Å². The van der Waals surface area contributed by atoms with Crippen LogP contribution in [-0.2, 0) is 45.6 Å². The average Bonchev–Trinajstić information content (AvgIpc) is 3.48. The SMILES string of the molecule is CCOC(=O)C1(c2cccnc2)CN=C(Nc2c3c(cc4c2CCC4)CCC3)O1. The Hall–Kier alpha value is -2.89. The summed E-state index contributed by atoms with van der Waals surface area (Å²) >= 11 is 0. The molecule has 150 valence electrons. The molecule has 3 aliphatic rings. The quantitative estimate of drug-likeness (QED) is 0.810. The Morgan fingerprint density at radius 1 is 1.21 bits per heavy atom. The first-order valence-electron chi connectivity index (χ1n) is 10.5. The molecule has 1 atom stereocenters. The van der Waals surface area contributed by atoms with Crippen LogP contribution < -0.4 is 5.32 Å². The van der Waals surface area contributed by atoms with E-state index >= 15 is 0 Å². The molecular weight excluding hydrogens is 366 g/mol. The maximum atomic E-state index is 12.9. The summed E-state index contributed by atoms with van der Waals surface area (Å²) in [7, 11) is 0. The number of aryl methyl sites for hydroxylation is 2. The zero-order valence-corrected chi connectivity index (χ0v) is 16.7. The van der Waals surface area contributed by atoms with E-state index in [0.29, 0.717) is 11.6 Å². The van der Waals surface area contributed by atoms with Crippen LogP contribution in [-0.4, -0.2) is 30.1 Å². The summed E-state index contributed by atoms with van der Waals surface area (Å²) in [6.45, 7) is 2.25. The Bertz CT molecular complexity index is 954. The minimum Gasteiger partial charge on any atom is -0.463 e. The number of fused-ring (bicyclic) bond motifs is 2. The highest BCUT2D eigenvalue weighted by Gasteiger charge is 2.49. The number of esters is 1. The van der Waals surface area contributed by atoms with Crippen molar-refractivity contribution < 1.29 is 14.3 Å². The van der Waals surface area contributed by atoms with Gasteiger partial charge in [-0.1, -0.05) is 12.1 Å². The minimum absolute atomic E-state index is 0.178. The second kappa shape index (κ2) is 7.17. The number of benzene rings is 1. The molecule has 0 fully saturated rings. The first kappa shape index (κ1) is 18.2. The largest absolute Gasteiger partial charge is 0.463 e. The fraction of sp³-hybridized carbons (Fsp3) is 0.435. The van der Waals surface area contributed by atoms with Crippen molar-refractivity contribution in [1.29, 1.82) is 0 Å². The summed E-state index contributed by atoms with van der Waals surface area (Å²) in [4.78, 5) is 21.6. The third-order valence-corrected chi connectivity index (χ3v) is 6.15. The van der Waals surface area contributed by atoms with E-state index < -0.39 is 11.6 Å². The molecule has 0 amide bonds. The lowest BCUT2D eigenvalue weighted by Crippen LogP contribution is -2.42. The van der Waals surface area contributed by atoms with Crippen molar-refractivity contribution >= 4 is 17.7 Å². The van der Waals surface area contributed by atoms with E-state index in [-0.39, 0.29) is 13.2 Å². The Kier molecular flexibility index (Phi) is 4.49. The van der Waals surface area contributed by atoms with Crippen molar-refractivity contribution in [3.05, 3.63) is 58.4 Å². The molecule has 6 heteroatoms. The molecule has 2 aliphatic carbocycles. The lowest BCUT2D eigenvalue weighted by Gasteiger charge is -2.26. The smallest absolute Gasteiger partial charge is 0.357 e. The summed E-state index contributed by atoms with van der Waals surface area (Å²) < 4.78 is 11.5. The number of carbonyl (C=O) groups is 1. The molecule has 0 radical (unpaired) electrons. The number of hydrogen-bond donors (Lipinski definition) is 1. The number of pyridine rings is 1. The van der Waals surface area contributed by atoms with Crippen LogP contribution in [0.4, 0.5) is 5.69 Å². The molecule has 1 N–H and O–H groups in total. The number of carbonyl (C=O) groups excluding carboxylic acids is 1. The van der Waals surface area contributed by atoms with Crippen LogP contribution in [0.25, 0.3) is 0 Å². The van der Waals surface area contributed by atoms with Crippen LogP contribution in [0.2, 0.25) is 0 Å². The Morgan fingerprint density at radius 3 is 2.62 bits per heavy atom. The van der Waals surface area contributed by atoms with Gasteiger partial charge in [0.25, 0.3) is 11.6 Å². The number of ether oxygens (including phenoxy) is 2. The number of anilines is 1. The minimum atomic E-state index is -1.28. The number of amidine groups is 1. The Balaban J connectivity index is 1.47. The first-order chi connectivity index (χ1) is 14.2. The van der Waals surface area contributed by atoms with Crippen LogP contribution in [0.5, 0.6) is 0 Å². The Morgan fingerprint density at radius 2 is 1.97 bits per heavy atom. The van der Waals surface area contributed by atoms with Crippen molar-refractivity contribution in [3.63, 3.8) is 0 Å². The molecule has 1 aromatic carbocycles. The molecule has 0 saturated heterocycles. The molecule has 0 bridgehead atoms. The lowest BCUT2D eigenvalue weighted by atomic mass is 9.95. The summed E-state index contributed by atoms with van der Waals surface area (Å²) in [5.74, 6) is -0.433. The first-order valence-corrected chi connectivity index (χ1v) is 10.5. The highest BCUT2D eigenvalue weighted by Crippen LogP contribution is 2.40. The van der Waals surface area contributed by atoms with E-state index in [1.807, 2.05) is 6.07 Å². The molecule has 6 nitrogen and oxygen atoms in total. The maximum Gasteiger partial charge on any atom is 0.357 e. The van der Waals surface area contributed by atoms with E-state index in [9.17, 15) is 4.79 Å². The monoisotopic (exact) mass is 391 g/mol. The van der Waals surface area contributed by atoms with Gasteiger partial charge in [0.2, 0.25) is 0 Å². The van der Waals surface area contributed by atoms with Gasteiger partial charge in [0, 0.05) is 23.6 Å². The van der Waals surface area contributed by atoms with Crippen LogP contribution in [0, 0.1) is 0 Å². The van der Waals surface area contributed by atoms with E-state index in [1.165, 1.54) is 35.1 Å². The standard InChI is InChI=1S/C23H25N3O3/c1-2-28-21(27)23(17-8-5-11-24-13-17)14-25-22(29-23)26-20-18-9-3-6-15(18)12-16-7-4-10-19(16)20/h5,8,11-13H,2-4,6-7,9-10,14H2,1H3,(H,25,26). The highest BCUT2D eigenvalue weighted by atomic mass is 16.6. The molecular formula is C23H25N3O3. The molecule has 1 aromatic heterocycles. The fourth-order valence-corrected chi connectivity index (χ4v) is 4.78. The maximum absolute atomic E-state index is 12.9. The molecule has 1 unspecified atom stereocenters. The van der Waals surface area contributed by atoms with Gasteiger partial charge in [0.15, 0.2) is 0 Å². The number of hydrogen-bond acceptors (Lipinski definition) is 6. The van der Waals surface area contributed by atoms with Gasteiger partial charge >= 0.3 is 5.97 Å². The van der Waals surface area contributed by atoms with Crippen molar-refractivity contribution in [2.24, 2.45) is 4.99 Å². The van der Waals surface area contributed by atoms with E-state index in [0.717, 1.165) is 31.4 Å². The van der Waals surface area contributed by atoms with Crippen LogP contribution >= 0.6 is 0 Å². The number of rotatable bonds is 4. The van der Waals surface area contributed by atoms with Crippen molar-refractivity contribution in [1.82, 2.24) is 4.98 Å². The molecule has 0 spiro atoms. The predicted molar refractivity (Wildman–Crippen MR) is 110 cm³/mol. The number of nitrogens with zero attached hydrogens (tertiary/aromatic N) is 2. The molecule has 0 saturated carbocycles. The van der Waals surface area contributed by atoms with Gasteiger partial charge in [-0.25, -0.2) is 9.79 Å². The summed E-state index contributed by atoms with van der Waals surface area (Å²) in [6, 6.07) is 6.41. The van der Waals surface area contributed by atoms with E-state index in [4.69, 9.17) is 9.47 Å². The molecule has 2 heterocycles. The zero-order chi connectivity index (χ0) is 19.8. The highest BCUT2D eigenvalue weighted by molar-refractivity contribution is 5.97. The molecule has 2 aromatic rings. The molecule has 5 rings (SSSR count). The second-order valence-electron chi connectivity index (χ2n) is 7.87. The molecule has 1 aliphatic heterocycles.